The highest BCUT2D eigenvalue weighted by atomic mass is 35.5. The lowest BCUT2D eigenvalue weighted by Gasteiger charge is -2.16. The molecular formula is C13H20ClNO. The summed E-state index contributed by atoms with van der Waals surface area (Å²) in [5.74, 6) is 0. The Kier molecular flexibility index (Phi) is 5.26. The van der Waals surface area contributed by atoms with Gasteiger partial charge >= 0.3 is 0 Å². The molecule has 1 aromatic carbocycles. The quantitative estimate of drug-likeness (QED) is 0.831. The summed E-state index contributed by atoms with van der Waals surface area (Å²) in [6, 6.07) is 4.31. The fraction of sp³-hybridized carbons (Fsp3) is 0.538. The highest BCUT2D eigenvalue weighted by Crippen LogP contribution is 2.20. The van der Waals surface area contributed by atoms with E-state index in [1.54, 1.807) is 0 Å². The largest absolute Gasteiger partial charge is 0.396 e. The smallest absolute Gasteiger partial charge is 0.0445 e. The Hall–Kier alpha value is -0.570. The molecule has 16 heavy (non-hydrogen) atoms. The van der Waals surface area contributed by atoms with Crippen LogP contribution in [-0.4, -0.2) is 17.8 Å². The van der Waals surface area contributed by atoms with Crippen molar-refractivity contribution in [3.63, 3.8) is 0 Å². The van der Waals surface area contributed by atoms with Gasteiger partial charge in [-0.2, -0.15) is 0 Å². The SMILES string of the molecule is Cc1cc(Cl)cc(C)c1CN[C@H](C)CCO. The molecule has 0 fully saturated rings. The molecule has 0 aromatic heterocycles. The van der Waals surface area contributed by atoms with Gasteiger partial charge in [0.2, 0.25) is 0 Å². The molecular weight excluding hydrogens is 222 g/mol. The predicted molar refractivity (Wildman–Crippen MR) is 68.9 cm³/mol. The Labute approximate surface area is 103 Å². The Bertz CT molecular complexity index is 329. The summed E-state index contributed by atoms with van der Waals surface area (Å²) in [5, 5.41) is 13.0. The van der Waals surface area contributed by atoms with Crippen molar-refractivity contribution in [3.05, 3.63) is 33.8 Å². The maximum atomic E-state index is 8.82. The van der Waals surface area contributed by atoms with Crippen molar-refractivity contribution in [3.8, 4) is 0 Å². The van der Waals surface area contributed by atoms with E-state index in [1.165, 1.54) is 16.7 Å². The van der Waals surface area contributed by atoms with Crippen molar-refractivity contribution in [2.45, 2.75) is 39.8 Å². The van der Waals surface area contributed by atoms with Gasteiger partial charge in [-0.15, -0.1) is 0 Å². The number of aliphatic hydroxyl groups is 1. The molecule has 0 heterocycles. The first-order chi connectivity index (χ1) is 7.54. The van der Waals surface area contributed by atoms with E-state index in [4.69, 9.17) is 16.7 Å². The molecule has 1 aromatic rings. The molecule has 0 bridgehead atoms. The predicted octanol–water partition coefficient (Wildman–Crippen LogP) is 2.82. The van der Waals surface area contributed by atoms with Crippen molar-refractivity contribution < 1.29 is 5.11 Å². The minimum absolute atomic E-state index is 0.229. The zero-order valence-corrected chi connectivity index (χ0v) is 10.9. The number of rotatable bonds is 5. The summed E-state index contributed by atoms with van der Waals surface area (Å²) in [6.07, 6.45) is 0.783. The van der Waals surface area contributed by atoms with E-state index in [1.807, 2.05) is 12.1 Å². The zero-order chi connectivity index (χ0) is 12.1. The number of hydrogen-bond donors (Lipinski definition) is 2. The van der Waals surface area contributed by atoms with E-state index >= 15 is 0 Å². The van der Waals surface area contributed by atoms with Gasteiger partial charge in [0.25, 0.3) is 0 Å². The van der Waals surface area contributed by atoms with Gasteiger partial charge in [-0.25, -0.2) is 0 Å². The maximum absolute atomic E-state index is 8.82. The highest BCUT2D eigenvalue weighted by molar-refractivity contribution is 6.30. The molecule has 0 spiro atoms. The van der Waals surface area contributed by atoms with Crippen LogP contribution in [0.4, 0.5) is 0 Å². The lowest BCUT2D eigenvalue weighted by atomic mass is 10.0. The van der Waals surface area contributed by atoms with Crippen LogP contribution >= 0.6 is 11.6 Å². The molecule has 0 unspecified atom stereocenters. The molecule has 0 aliphatic heterocycles. The highest BCUT2D eigenvalue weighted by Gasteiger charge is 2.06. The lowest BCUT2D eigenvalue weighted by molar-refractivity contribution is 0.268. The molecule has 0 amide bonds. The molecule has 2 nitrogen and oxygen atoms in total. The Morgan fingerprint density at radius 1 is 1.31 bits per heavy atom. The second kappa shape index (κ2) is 6.24. The fourth-order valence-electron chi connectivity index (χ4n) is 1.79. The number of hydrogen-bond acceptors (Lipinski definition) is 2. The Morgan fingerprint density at radius 3 is 2.38 bits per heavy atom. The van der Waals surface area contributed by atoms with Crippen molar-refractivity contribution >= 4 is 11.6 Å². The van der Waals surface area contributed by atoms with Gasteiger partial charge in [0.05, 0.1) is 0 Å². The van der Waals surface area contributed by atoms with E-state index in [-0.39, 0.29) is 6.61 Å². The molecule has 0 aliphatic carbocycles. The second-order valence-electron chi connectivity index (χ2n) is 4.31. The van der Waals surface area contributed by atoms with Crippen LogP contribution in [0.3, 0.4) is 0 Å². The number of halogens is 1. The van der Waals surface area contributed by atoms with Crippen LogP contribution in [0.1, 0.15) is 30.0 Å². The van der Waals surface area contributed by atoms with Crippen molar-refractivity contribution in [1.82, 2.24) is 5.32 Å². The van der Waals surface area contributed by atoms with Gasteiger partial charge in [-0.3, -0.25) is 0 Å². The molecule has 2 N–H and O–H groups in total. The number of benzene rings is 1. The van der Waals surface area contributed by atoms with Crippen LogP contribution in [0.15, 0.2) is 12.1 Å². The summed E-state index contributed by atoms with van der Waals surface area (Å²) in [5.41, 5.74) is 3.73. The Balaban J connectivity index is 2.67. The summed E-state index contributed by atoms with van der Waals surface area (Å²) in [4.78, 5) is 0. The average Bonchev–Trinajstić information content (AvgIpc) is 2.16. The molecule has 0 saturated carbocycles. The van der Waals surface area contributed by atoms with Crippen LogP contribution in [-0.2, 0) is 6.54 Å². The van der Waals surface area contributed by atoms with Crippen LogP contribution < -0.4 is 5.32 Å². The monoisotopic (exact) mass is 241 g/mol. The topological polar surface area (TPSA) is 32.3 Å². The molecule has 0 saturated heterocycles. The van der Waals surface area contributed by atoms with E-state index in [9.17, 15) is 0 Å². The molecule has 0 radical (unpaired) electrons. The van der Waals surface area contributed by atoms with Gasteiger partial charge in [-0.05, 0) is 56.0 Å². The van der Waals surface area contributed by atoms with E-state index < -0.39 is 0 Å². The molecule has 0 aliphatic rings. The Morgan fingerprint density at radius 2 is 1.88 bits per heavy atom. The van der Waals surface area contributed by atoms with Crippen LogP contribution in [0, 0.1) is 13.8 Å². The van der Waals surface area contributed by atoms with Crippen LogP contribution in [0.25, 0.3) is 0 Å². The van der Waals surface area contributed by atoms with E-state index in [0.717, 1.165) is 18.0 Å². The third-order valence-electron chi connectivity index (χ3n) is 2.85. The summed E-state index contributed by atoms with van der Waals surface area (Å²) < 4.78 is 0. The van der Waals surface area contributed by atoms with Gasteiger partial charge in [0, 0.05) is 24.2 Å². The van der Waals surface area contributed by atoms with E-state index in [2.05, 4.69) is 26.1 Å². The minimum Gasteiger partial charge on any atom is -0.396 e. The average molecular weight is 242 g/mol. The minimum atomic E-state index is 0.229. The third-order valence-corrected chi connectivity index (χ3v) is 3.07. The lowest BCUT2D eigenvalue weighted by Crippen LogP contribution is -2.27. The third kappa shape index (κ3) is 3.78. The van der Waals surface area contributed by atoms with Gasteiger partial charge in [-0.1, -0.05) is 11.6 Å². The van der Waals surface area contributed by atoms with Crippen molar-refractivity contribution in [1.29, 1.82) is 0 Å². The first kappa shape index (κ1) is 13.5. The van der Waals surface area contributed by atoms with E-state index in [0.29, 0.717) is 6.04 Å². The van der Waals surface area contributed by atoms with Gasteiger partial charge in [0.15, 0.2) is 0 Å². The summed E-state index contributed by atoms with van der Waals surface area (Å²) >= 11 is 5.98. The molecule has 90 valence electrons. The summed E-state index contributed by atoms with van der Waals surface area (Å²) in [7, 11) is 0. The first-order valence-electron chi connectivity index (χ1n) is 5.64. The summed E-state index contributed by atoms with van der Waals surface area (Å²) in [6.45, 7) is 7.29. The molecule has 1 atom stereocenters. The maximum Gasteiger partial charge on any atom is 0.0445 e. The first-order valence-corrected chi connectivity index (χ1v) is 6.02. The zero-order valence-electron chi connectivity index (χ0n) is 10.2. The van der Waals surface area contributed by atoms with Crippen LogP contribution in [0.2, 0.25) is 5.02 Å². The standard InChI is InChI=1S/C13H20ClNO/c1-9-6-12(14)7-10(2)13(9)8-15-11(3)4-5-16/h6-7,11,15-16H,4-5,8H2,1-3H3/t11-/m1/s1. The van der Waals surface area contributed by atoms with Gasteiger partial charge < -0.3 is 10.4 Å². The van der Waals surface area contributed by atoms with Crippen molar-refractivity contribution in [2.24, 2.45) is 0 Å². The normalized spacial score (nSPS) is 12.8. The van der Waals surface area contributed by atoms with Gasteiger partial charge in [0.1, 0.15) is 0 Å². The fourth-order valence-corrected chi connectivity index (χ4v) is 2.12. The number of nitrogens with one attached hydrogen (secondary N) is 1. The van der Waals surface area contributed by atoms with Crippen molar-refractivity contribution in [2.75, 3.05) is 6.61 Å². The van der Waals surface area contributed by atoms with Crippen LogP contribution in [0.5, 0.6) is 0 Å². The number of aryl methyl sites for hydroxylation is 2. The molecule has 1 rings (SSSR count). The molecule has 3 heteroatoms. The second-order valence-corrected chi connectivity index (χ2v) is 4.75. The number of aliphatic hydroxyl groups excluding tert-OH is 1.